The van der Waals surface area contributed by atoms with Gasteiger partial charge in [0.05, 0.1) is 0 Å². The first-order valence-electron chi connectivity index (χ1n) is 43.9. The molecule has 5 saturated carbocycles. The van der Waals surface area contributed by atoms with Crippen LogP contribution in [0.5, 0.6) is 0 Å². The van der Waals surface area contributed by atoms with Crippen molar-refractivity contribution in [2.75, 3.05) is 0 Å². The molecule has 5 spiro atoms. The number of pyridine rings is 5. The predicted octanol–water partition coefficient (Wildman–Crippen LogP) is 23.1. The zero-order valence-corrected chi connectivity index (χ0v) is 69.3. The number of fused-ring (bicyclic) bond motifs is 9. The quantitative estimate of drug-likeness (QED) is 0.153. The van der Waals surface area contributed by atoms with Crippen LogP contribution in [-0.4, -0.2) is 0 Å². The maximum atomic E-state index is 2.52. The van der Waals surface area contributed by atoms with Crippen LogP contribution in [0.4, 0.5) is 0 Å². The van der Waals surface area contributed by atoms with Gasteiger partial charge in [-0.15, -0.1) is 0 Å². The molecule has 10 aromatic rings. The number of nitrogens with zero attached hydrogens (tertiary/aromatic N) is 5. The van der Waals surface area contributed by atoms with Crippen molar-refractivity contribution in [3.05, 3.63) is 266 Å². The van der Waals surface area contributed by atoms with Gasteiger partial charge in [-0.1, -0.05) is 187 Å². The molecule has 10 aliphatic carbocycles. The van der Waals surface area contributed by atoms with Crippen molar-refractivity contribution in [1.82, 2.24) is 0 Å². The molecule has 5 fully saturated rings. The summed E-state index contributed by atoms with van der Waals surface area (Å²) < 4.78 is 11.8. The molecule has 0 bridgehead atoms. The zero-order chi connectivity index (χ0) is 75.8. The lowest BCUT2D eigenvalue weighted by Crippen LogP contribution is -2.37. The molecule has 5 aromatic heterocycles. The topological polar surface area (TPSA) is 19.4 Å². The third-order valence-electron chi connectivity index (χ3n) is 30.2. The number of aryl methyl sites for hydroxylation is 11. The van der Waals surface area contributed by atoms with Crippen molar-refractivity contribution >= 4 is 0 Å². The van der Waals surface area contributed by atoms with Crippen molar-refractivity contribution in [2.45, 2.75) is 281 Å². The van der Waals surface area contributed by atoms with Crippen LogP contribution in [0.2, 0.25) is 0 Å². The molecule has 0 amide bonds. The maximum absolute atomic E-state index is 2.52. The fourth-order valence-electron chi connectivity index (χ4n) is 24.0. The van der Waals surface area contributed by atoms with Gasteiger partial charge in [0.1, 0.15) is 35.2 Å². The Morgan fingerprint density at radius 2 is 0.636 bits per heavy atom. The molecule has 10 aliphatic rings. The molecule has 20 rings (SSSR count). The van der Waals surface area contributed by atoms with Crippen LogP contribution in [0.3, 0.4) is 0 Å². The Balaban J connectivity index is 0.000000104. The van der Waals surface area contributed by atoms with Crippen molar-refractivity contribution < 1.29 is 22.8 Å². The van der Waals surface area contributed by atoms with E-state index in [4.69, 9.17) is 0 Å². The SMILES string of the molecule is Cc1ccccc1-c1c2c(cc[n+]1C)C1(CCCCC1)CC2.Cc1ccccc1-c1cc2c(c[n+]1C)C1(CCCCC1)CC2.Cc1ccccc1-c1cc2c(c[n+]1C)CC1(CCCCC1)C2.Cc1ccccc1-c1cc2c(c[n+]1C)CCC21CCCCC1.Cc1ccccc1-c1ccc2c([n+]1C)CCC21CCCCC1. The predicted molar refractivity (Wildman–Crippen MR) is 454 cm³/mol. The molecule has 5 aromatic carbocycles. The maximum Gasteiger partial charge on any atom is 0.216 e. The van der Waals surface area contributed by atoms with E-state index in [9.17, 15) is 0 Å². The Bertz CT molecular complexity index is 4910. The minimum Gasteiger partial charge on any atom is -0.201 e. The molecule has 0 atom stereocenters. The third-order valence-corrected chi connectivity index (χ3v) is 30.2. The number of rotatable bonds is 5. The number of hydrogen-bond acceptors (Lipinski definition) is 0. The number of benzene rings is 5. The summed E-state index contributed by atoms with van der Waals surface area (Å²) in [4.78, 5) is 0. The van der Waals surface area contributed by atoms with Gasteiger partial charge in [-0.3, -0.25) is 0 Å². The van der Waals surface area contributed by atoms with E-state index in [-0.39, 0.29) is 0 Å². The molecule has 5 heteroatoms. The fourth-order valence-corrected chi connectivity index (χ4v) is 24.0. The molecular formula is C105H130N5+5. The van der Waals surface area contributed by atoms with Crippen LogP contribution in [0.25, 0.3) is 56.3 Å². The lowest BCUT2D eigenvalue weighted by atomic mass is 9.70. The highest BCUT2D eigenvalue weighted by Gasteiger charge is 2.47. The zero-order valence-electron chi connectivity index (χ0n) is 69.3. The summed E-state index contributed by atoms with van der Waals surface area (Å²) >= 11 is 0. The summed E-state index contributed by atoms with van der Waals surface area (Å²) in [5.41, 5.74) is 39.6. The van der Waals surface area contributed by atoms with Gasteiger partial charge in [-0.05, 0) is 259 Å². The Hall–Kier alpha value is -8.15. The van der Waals surface area contributed by atoms with Crippen LogP contribution in [0.1, 0.15) is 270 Å². The highest BCUT2D eigenvalue weighted by atomic mass is 15.0. The minimum absolute atomic E-state index is 0.499. The smallest absolute Gasteiger partial charge is 0.201 e. The Morgan fingerprint density at radius 1 is 0.264 bits per heavy atom. The summed E-state index contributed by atoms with van der Waals surface area (Å²) in [6, 6.07) is 58.6. The minimum atomic E-state index is 0.499. The molecule has 5 heterocycles. The Kier molecular flexibility index (Phi) is 22.2. The second-order valence-electron chi connectivity index (χ2n) is 36.9. The van der Waals surface area contributed by atoms with E-state index in [1.165, 1.54) is 309 Å². The molecule has 570 valence electrons. The van der Waals surface area contributed by atoms with E-state index in [2.05, 4.69) is 275 Å². The molecule has 0 N–H and O–H groups in total. The summed E-state index contributed by atoms with van der Waals surface area (Å²) in [6.07, 6.45) is 58.2. The monoisotopic (exact) mass is 1460 g/mol. The highest BCUT2D eigenvalue weighted by Crippen LogP contribution is 2.54. The van der Waals surface area contributed by atoms with Gasteiger partial charge in [0.2, 0.25) is 28.5 Å². The van der Waals surface area contributed by atoms with Crippen LogP contribution in [0, 0.1) is 40.0 Å². The number of hydrogen-bond donors (Lipinski definition) is 0. The van der Waals surface area contributed by atoms with Gasteiger partial charge in [-0.2, -0.15) is 4.57 Å². The van der Waals surface area contributed by atoms with E-state index in [0.717, 1.165) is 0 Å². The van der Waals surface area contributed by atoms with Crippen LogP contribution >= 0.6 is 0 Å². The van der Waals surface area contributed by atoms with E-state index >= 15 is 0 Å². The molecule has 0 unspecified atom stereocenters. The van der Waals surface area contributed by atoms with E-state index in [1.54, 1.807) is 55.8 Å². The summed E-state index contributed by atoms with van der Waals surface area (Å²) in [7, 11) is 11.1. The average molecular weight is 1460 g/mol. The first kappa shape index (κ1) is 75.9. The second-order valence-corrected chi connectivity index (χ2v) is 36.9. The second kappa shape index (κ2) is 32.1. The van der Waals surface area contributed by atoms with Gasteiger partial charge in [-0.25, -0.2) is 18.3 Å². The van der Waals surface area contributed by atoms with Crippen molar-refractivity contribution in [3.8, 4) is 56.3 Å². The van der Waals surface area contributed by atoms with Gasteiger partial charge in [0, 0.05) is 103 Å². The standard InChI is InChI=1S/5C21H26N/c1-16-8-4-5-9-17(16)20-18-10-14-21(12-6-3-7-13-21)19(18)11-15-22(20)2;1-16-8-4-5-9-17(16)19-11-10-18-20(22(19)2)12-15-21(18)13-6-3-7-14-21;1-16-8-4-5-9-18(16)20-14-19-17(15-22(20)2)10-13-21(19)11-6-3-7-12-21;1-16-8-4-5-9-18(16)20-14-17-10-13-21(11-6-3-7-12-21)19(17)15-22(20)2;1-16-8-4-5-9-19(16)20-12-17-13-21(10-6-3-7-11-21)14-18(17)15-22(20)2/h4-5,8-9,11,15H,3,6-7,10,12-14H2,1-2H3;4-5,8-11H,3,6-7,12-15H2,1-2H3;2*4-5,8-9,14-15H,3,6-7,10-13H2,1-2H3;4-5,8-9,12,15H,3,6-7,10-11,13-14H2,1-2H3/q5*+1. The van der Waals surface area contributed by atoms with Crippen molar-refractivity contribution in [1.29, 1.82) is 0 Å². The van der Waals surface area contributed by atoms with E-state index < -0.39 is 0 Å². The van der Waals surface area contributed by atoms with Crippen LogP contribution in [0.15, 0.2) is 183 Å². The average Bonchev–Trinajstić information content (AvgIpc) is 1.55. The van der Waals surface area contributed by atoms with Gasteiger partial charge < -0.3 is 0 Å². The van der Waals surface area contributed by atoms with Gasteiger partial charge in [0.15, 0.2) is 30.5 Å². The highest BCUT2D eigenvalue weighted by molar-refractivity contribution is 5.68. The molecule has 5 nitrogen and oxygen atoms in total. The van der Waals surface area contributed by atoms with Crippen molar-refractivity contribution in [3.63, 3.8) is 0 Å². The first-order chi connectivity index (χ1) is 53.5. The normalized spacial score (nSPS) is 19.4. The molecule has 110 heavy (non-hydrogen) atoms. The largest absolute Gasteiger partial charge is 0.216 e. The fraction of sp³-hybridized carbons (Fsp3) is 0.476. The molecule has 0 radical (unpaired) electrons. The van der Waals surface area contributed by atoms with E-state index in [0.29, 0.717) is 27.1 Å². The first-order valence-corrected chi connectivity index (χ1v) is 43.9. The summed E-state index contributed by atoms with van der Waals surface area (Å²) in [6.45, 7) is 11.1. The van der Waals surface area contributed by atoms with Gasteiger partial charge >= 0.3 is 0 Å². The molecule has 0 aliphatic heterocycles. The third kappa shape index (κ3) is 14.8. The van der Waals surface area contributed by atoms with Crippen LogP contribution in [-0.2, 0) is 95.4 Å². The lowest BCUT2D eigenvalue weighted by molar-refractivity contribution is -0.668. The Labute approximate surface area is 662 Å². The van der Waals surface area contributed by atoms with Crippen LogP contribution < -0.4 is 22.8 Å². The number of aromatic nitrogens is 5. The van der Waals surface area contributed by atoms with Gasteiger partial charge in [0.25, 0.3) is 0 Å². The summed E-state index contributed by atoms with van der Waals surface area (Å²) in [5.74, 6) is 0. The van der Waals surface area contributed by atoms with Crippen molar-refractivity contribution in [2.24, 2.45) is 40.7 Å². The molecular weight excluding hydrogens is 1330 g/mol. The molecule has 0 saturated heterocycles. The summed E-state index contributed by atoms with van der Waals surface area (Å²) in [5, 5.41) is 0. The lowest BCUT2D eigenvalue weighted by Gasteiger charge is -2.34. The Morgan fingerprint density at radius 3 is 1.14 bits per heavy atom. The van der Waals surface area contributed by atoms with E-state index in [1.807, 2.05) is 0 Å².